The molecule has 2 aliphatic rings. The van der Waals surface area contributed by atoms with Crippen LogP contribution in [0.3, 0.4) is 0 Å². The van der Waals surface area contributed by atoms with Crippen molar-refractivity contribution >= 4 is 39.9 Å². The Hall–Kier alpha value is -4.41. The van der Waals surface area contributed by atoms with Crippen molar-refractivity contribution in [3.63, 3.8) is 0 Å². The van der Waals surface area contributed by atoms with Gasteiger partial charge in [-0.2, -0.15) is 5.10 Å². The van der Waals surface area contributed by atoms with Crippen LogP contribution in [0.25, 0.3) is 22.0 Å². The number of fused-ring (bicyclic) bond motifs is 1. The summed E-state index contributed by atoms with van der Waals surface area (Å²) >= 11 is 0. The summed E-state index contributed by atoms with van der Waals surface area (Å²) in [7, 11) is 0. The summed E-state index contributed by atoms with van der Waals surface area (Å²) in [6, 6.07) is 10.6. The maximum Gasteiger partial charge on any atom is 0.282 e. The number of H-pyrrole nitrogens is 1. The quantitative estimate of drug-likeness (QED) is 0.376. The van der Waals surface area contributed by atoms with Gasteiger partial charge in [-0.15, -0.1) is 0 Å². The Morgan fingerprint density at radius 2 is 1.81 bits per heavy atom. The SMILES string of the molecule is O=C(Nc1ccc(N2CC(F)(F)C2)nc1)c1n[nH]c2ccc(-c3cncc(NC(=O)C4CC4)c3)cc12. The van der Waals surface area contributed by atoms with Crippen LogP contribution in [0.2, 0.25) is 0 Å². The molecular weight excluding hydrogens is 468 g/mol. The topological polar surface area (TPSA) is 116 Å². The molecule has 0 unspecified atom stereocenters. The summed E-state index contributed by atoms with van der Waals surface area (Å²) in [4.78, 5) is 34.9. The molecule has 0 radical (unpaired) electrons. The first-order valence-corrected chi connectivity index (χ1v) is 11.5. The minimum Gasteiger partial charge on any atom is -0.344 e. The Labute approximate surface area is 203 Å². The smallest absolute Gasteiger partial charge is 0.282 e. The molecule has 0 bridgehead atoms. The van der Waals surface area contributed by atoms with Crippen molar-refractivity contribution in [3.05, 3.63) is 60.7 Å². The fourth-order valence-electron chi connectivity index (χ4n) is 4.13. The number of pyridine rings is 2. The number of hydrogen-bond donors (Lipinski definition) is 3. The highest BCUT2D eigenvalue weighted by molar-refractivity contribution is 6.11. The van der Waals surface area contributed by atoms with Crippen LogP contribution in [0.1, 0.15) is 23.3 Å². The minimum absolute atomic E-state index is 0.00327. The molecule has 1 aliphatic heterocycles. The predicted molar refractivity (Wildman–Crippen MR) is 130 cm³/mol. The van der Waals surface area contributed by atoms with Crippen molar-refractivity contribution in [1.82, 2.24) is 20.2 Å². The van der Waals surface area contributed by atoms with Crippen molar-refractivity contribution in [1.29, 1.82) is 0 Å². The molecule has 1 saturated heterocycles. The van der Waals surface area contributed by atoms with Gasteiger partial charge in [-0.25, -0.2) is 13.8 Å². The van der Waals surface area contributed by atoms with Gasteiger partial charge in [0.2, 0.25) is 5.91 Å². The number of aromatic amines is 1. The van der Waals surface area contributed by atoms with E-state index in [-0.39, 0.29) is 30.6 Å². The van der Waals surface area contributed by atoms with Crippen molar-refractivity contribution in [2.75, 3.05) is 28.6 Å². The van der Waals surface area contributed by atoms with Crippen LogP contribution < -0.4 is 15.5 Å². The third-order valence-electron chi connectivity index (χ3n) is 6.24. The maximum atomic E-state index is 13.1. The lowest BCUT2D eigenvalue weighted by molar-refractivity contribution is -0.117. The van der Waals surface area contributed by atoms with Crippen LogP contribution in [0.15, 0.2) is 55.0 Å². The zero-order valence-electron chi connectivity index (χ0n) is 19.0. The van der Waals surface area contributed by atoms with Crippen LogP contribution in [-0.4, -0.2) is 51.0 Å². The van der Waals surface area contributed by atoms with Gasteiger partial charge in [-0.1, -0.05) is 6.07 Å². The van der Waals surface area contributed by atoms with Gasteiger partial charge in [-0.3, -0.25) is 19.7 Å². The van der Waals surface area contributed by atoms with Gasteiger partial charge >= 0.3 is 0 Å². The Morgan fingerprint density at radius 3 is 2.53 bits per heavy atom. The molecule has 4 aromatic rings. The average molecular weight is 489 g/mol. The molecule has 9 nitrogen and oxygen atoms in total. The zero-order chi connectivity index (χ0) is 24.9. The highest BCUT2D eigenvalue weighted by Gasteiger charge is 2.44. The third kappa shape index (κ3) is 4.35. The fourth-order valence-corrected chi connectivity index (χ4v) is 4.13. The second-order valence-corrected chi connectivity index (χ2v) is 9.13. The molecule has 2 amide bonds. The summed E-state index contributed by atoms with van der Waals surface area (Å²) < 4.78 is 26.2. The third-order valence-corrected chi connectivity index (χ3v) is 6.24. The maximum absolute atomic E-state index is 13.1. The van der Waals surface area contributed by atoms with Crippen molar-refractivity contribution < 1.29 is 18.4 Å². The number of rotatable bonds is 6. The monoisotopic (exact) mass is 489 g/mol. The standard InChI is InChI=1S/C25H21F2N7O2/c26-25(27)12-34(13-25)21-6-4-17(11-29-21)30-24(36)22-19-8-15(3-5-20(19)32-33-22)16-7-18(10-28-9-16)31-23(35)14-1-2-14/h3-11,14H,1-2,12-13H2,(H,30,36)(H,31,35)(H,32,33). The molecule has 0 spiro atoms. The highest BCUT2D eigenvalue weighted by atomic mass is 19.3. The average Bonchev–Trinajstić information content (AvgIpc) is 3.62. The molecule has 6 rings (SSSR count). The number of aromatic nitrogens is 4. The molecule has 2 fully saturated rings. The molecule has 1 aromatic carbocycles. The molecular formula is C25H21F2N7O2. The Morgan fingerprint density at radius 1 is 0.972 bits per heavy atom. The molecule has 1 aliphatic carbocycles. The zero-order valence-corrected chi connectivity index (χ0v) is 19.0. The number of amides is 2. The van der Waals surface area contributed by atoms with Crippen LogP contribution in [0.4, 0.5) is 26.0 Å². The van der Waals surface area contributed by atoms with Crippen LogP contribution in [0, 0.1) is 5.92 Å². The molecule has 3 N–H and O–H groups in total. The van der Waals surface area contributed by atoms with Crippen molar-refractivity contribution in [2.45, 2.75) is 18.8 Å². The molecule has 4 heterocycles. The van der Waals surface area contributed by atoms with Gasteiger partial charge in [0.05, 0.1) is 42.4 Å². The summed E-state index contributed by atoms with van der Waals surface area (Å²) in [5, 5.41) is 13.3. The minimum atomic E-state index is -2.68. The summed E-state index contributed by atoms with van der Waals surface area (Å²) in [5.41, 5.74) is 3.52. The van der Waals surface area contributed by atoms with Crippen molar-refractivity contribution in [3.8, 4) is 11.1 Å². The van der Waals surface area contributed by atoms with Gasteiger partial charge in [0.15, 0.2) is 5.69 Å². The van der Waals surface area contributed by atoms with E-state index < -0.39 is 11.8 Å². The van der Waals surface area contributed by atoms with E-state index in [0.29, 0.717) is 28.1 Å². The van der Waals surface area contributed by atoms with E-state index in [0.717, 1.165) is 24.0 Å². The predicted octanol–water partition coefficient (Wildman–Crippen LogP) is 4.08. The Balaban J connectivity index is 1.20. The normalized spacial score (nSPS) is 16.4. The number of carbonyl (C=O) groups is 2. The number of carbonyl (C=O) groups excluding carboxylic acids is 2. The molecule has 3 aromatic heterocycles. The van der Waals surface area contributed by atoms with E-state index in [1.807, 2.05) is 24.3 Å². The number of nitrogens with one attached hydrogen (secondary N) is 3. The van der Waals surface area contributed by atoms with E-state index in [9.17, 15) is 18.4 Å². The lowest BCUT2D eigenvalue weighted by Crippen LogP contribution is -2.56. The summed E-state index contributed by atoms with van der Waals surface area (Å²) in [6.45, 7) is -0.725. The van der Waals surface area contributed by atoms with Crippen LogP contribution in [-0.2, 0) is 4.79 Å². The first kappa shape index (κ1) is 22.1. The first-order valence-electron chi connectivity index (χ1n) is 11.5. The Bertz CT molecular complexity index is 1470. The van der Waals surface area contributed by atoms with E-state index in [1.165, 1.54) is 11.1 Å². The lowest BCUT2D eigenvalue weighted by atomic mass is 10.0. The molecule has 182 valence electrons. The molecule has 36 heavy (non-hydrogen) atoms. The van der Waals surface area contributed by atoms with E-state index in [2.05, 4.69) is 30.8 Å². The van der Waals surface area contributed by atoms with E-state index in [4.69, 9.17) is 0 Å². The highest BCUT2D eigenvalue weighted by Crippen LogP contribution is 2.32. The summed E-state index contributed by atoms with van der Waals surface area (Å²) in [5.74, 6) is -2.60. The van der Waals surface area contributed by atoms with Crippen molar-refractivity contribution in [2.24, 2.45) is 5.92 Å². The number of alkyl halides is 2. The Kier molecular flexibility index (Phi) is 5.13. The van der Waals surface area contributed by atoms with Gasteiger partial charge in [0.25, 0.3) is 11.8 Å². The molecule has 11 heteroatoms. The molecule has 1 saturated carbocycles. The molecule has 0 atom stereocenters. The fraction of sp³-hybridized carbons (Fsp3) is 0.240. The number of anilines is 3. The largest absolute Gasteiger partial charge is 0.344 e. The summed E-state index contributed by atoms with van der Waals surface area (Å²) in [6.07, 6.45) is 6.55. The second-order valence-electron chi connectivity index (χ2n) is 9.13. The number of halogens is 2. The van der Waals surface area contributed by atoms with Crippen LogP contribution >= 0.6 is 0 Å². The van der Waals surface area contributed by atoms with Gasteiger partial charge in [0.1, 0.15) is 5.82 Å². The van der Waals surface area contributed by atoms with E-state index in [1.54, 1.807) is 24.5 Å². The second kappa shape index (κ2) is 8.36. The van der Waals surface area contributed by atoms with E-state index >= 15 is 0 Å². The van der Waals surface area contributed by atoms with Gasteiger partial charge in [-0.05, 0) is 48.7 Å². The number of nitrogens with zero attached hydrogens (tertiary/aromatic N) is 4. The number of hydrogen-bond acceptors (Lipinski definition) is 6. The van der Waals surface area contributed by atoms with Crippen LogP contribution in [0.5, 0.6) is 0 Å². The van der Waals surface area contributed by atoms with Gasteiger partial charge in [0, 0.05) is 23.1 Å². The van der Waals surface area contributed by atoms with Gasteiger partial charge < -0.3 is 15.5 Å². The first-order chi connectivity index (χ1) is 17.3. The lowest BCUT2D eigenvalue weighted by Gasteiger charge is -2.39. The number of benzene rings is 1.